The zero-order chi connectivity index (χ0) is 18.8. The van der Waals surface area contributed by atoms with E-state index in [4.69, 9.17) is 18.8 Å². The monoisotopic (exact) mass is 412 g/mol. The summed E-state index contributed by atoms with van der Waals surface area (Å²) in [4.78, 5) is 12.0. The first-order valence-electron chi connectivity index (χ1n) is 8.46. The van der Waals surface area contributed by atoms with Crippen LogP contribution in [0.15, 0.2) is 22.7 Å². The van der Waals surface area contributed by atoms with Crippen molar-refractivity contribution in [1.82, 2.24) is 0 Å². The first kappa shape index (κ1) is 20.3. The van der Waals surface area contributed by atoms with Gasteiger partial charge in [0.2, 0.25) is 0 Å². The molecular formula is C18H26BBrO5. The molecule has 0 radical (unpaired) electrons. The van der Waals surface area contributed by atoms with E-state index in [-0.39, 0.29) is 18.2 Å². The molecule has 1 aliphatic heterocycles. The Morgan fingerprint density at radius 2 is 1.84 bits per heavy atom. The SMILES string of the molecule is CCOc1ccc(Br)cc1C(CC(=O)OC)B1OC(C)(C)C(C)(C)O1. The molecule has 0 amide bonds. The number of rotatable bonds is 6. The summed E-state index contributed by atoms with van der Waals surface area (Å²) >= 11 is 3.50. The molecule has 0 aliphatic carbocycles. The molecule has 0 N–H and O–H groups in total. The van der Waals surface area contributed by atoms with Crippen molar-refractivity contribution in [2.24, 2.45) is 0 Å². The Hall–Kier alpha value is -1.05. The van der Waals surface area contributed by atoms with Crippen LogP contribution in [0.3, 0.4) is 0 Å². The summed E-state index contributed by atoms with van der Waals surface area (Å²) in [6.07, 6.45) is 0.143. The number of ether oxygens (including phenoxy) is 2. The number of benzene rings is 1. The van der Waals surface area contributed by atoms with E-state index in [1.54, 1.807) is 0 Å². The van der Waals surface area contributed by atoms with Crippen molar-refractivity contribution < 1.29 is 23.6 Å². The van der Waals surface area contributed by atoms with Crippen LogP contribution < -0.4 is 4.74 Å². The molecule has 1 saturated heterocycles. The van der Waals surface area contributed by atoms with Gasteiger partial charge in [0.1, 0.15) is 5.75 Å². The number of carbonyl (C=O) groups excluding carboxylic acids is 1. The van der Waals surface area contributed by atoms with Gasteiger partial charge < -0.3 is 18.8 Å². The predicted molar refractivity (Wildman–Crippen MR) is 101 cm³/mol. The van der Waals surface area contributed by atoms with Gasteiger partial charge in [-0.05, 0) is 58.4 Å². The lowest BCUT2D eigenvalue weighted by Gasteiger charge is -2.32. The molecule has 1 unspecified atom stereocenters. The van der Waals surface area contributed by atoms with Gasteiger partial charge in [0.15, 0.2) is 0 Å². The minimum Gasteiger partial charge on any atom is -0.494 e. The third kappa shape index (κ3) is 4.38. The van der Waals surface area contributed by atoms with E-state index in [0.717, 1.165) is 10.0 Å². The molecule has 2 rings (SSSR count). The Bertz CT molecular complexity index is 616. The summed E-state index contributed by atoms with van der Waals surface area (Å²) in [7, 11) is 0.811. The fourth-order valence-electron chi connectivity index (χ4n) is 2.76. The summed E-state index contributed by atoms with van der Waals surface area (Å²) in [5.74, 6) is 0.0593. The normalized spacial score (nSPS) is 19.6. The topological polar surface area (TPSA) is 54.0 Å². The van der Waals surface area contributed by atoms with Gasteiger partial charge in [0.05, 0.1) is 31.3 Å². The van der Waals surface area contributed by atoms with Crippen LogP contribution in [-0.2, 0) is 18.8 Å². The number of carbonyl (C=O) groups is 1. The second-order valence-corrected chi connectivity index (χ2v) is 8.04. The highest BCUT2D eigenvalue weighted by molar-refractivity contribution is 9.10. The molecule has 1 aliphatic rings. The van der Waals surface area contributed by atoms with E-state index in [2.05, 4.69) is 15.9 Å². The molecule has 0 saturated carbocycles. The van der Waals surface area contributed by atoms with E-state index in [0.29, 0.717) is 12.4 Å². The zero-order valence-electron chi connectivity index (χ0n) is 15.7. The van der Waals surface area contributed by atoms with E-state index >= 15 is 0 Å². The van der Waals surface area contributed by atoms with Crippen LogP contribution in [0.5, 0.6) is 5.75 Å². The van der Waals surface area contributed by atoms with Crippen LogP contribution in [0.4, 0.5) is 0 Å². The predicted octanol–water partition coefficient (Wildman–Crippen LogP) is 4.13. The van der Waals surface area contributed by atoms with Gasteiger partial charge in [-0.15, -0.1) is 0 Å². The molecule has 0 bridgehead atoms. The van der Waals surface area contributed by atoms with Crippen molar-refractivity contribution >= 4 is 29.0 Å². The number of hydrogen-bond acceptors (Lipinski definition) is 5. The maximum atomic E-state index is 12.0. The van der Waals surface area contributed by atoms with E-state index in [1.807, 2.05) is 52.8 Å². The molecule has 1 heterocycles. The highest BCUT2D eigenvalue weighted by atomic mass is 79.9. The second kappa shape index (κ2) is 7.68. The standard InChI is InChI=1S/C18H26BBrO5/c1-7-23-15-9-8-12(20)10-13(15)14(11-16(21)22-6)19-24-17(2,3)18(4,5)25-19/h8-10,14H,7,11H2,1-6H3. The van der Waals surface area contributed by atoms with Crippen LogP contribution in [0.2, 0.25) is 0 Å². The van der Waals surface area contributed by atoms with Gasteiger partial charge in [0, 0.05) is 10.3 Å². The van der Waals surface area contributed by atoms with Crippen molar-refractivity contribution in [3.05, 3.63) is 28.2 Å². The summed E-state index contributed by atoms with van der Waals surface area (Å²) in [5, 5.41) is 0. The van der Waals surface area contributed by atoms with Crippen LogP contribution in [0, 0.1) is 0 Å². The molecule has 1 aromatic rings. The van der Waals surface area contributed by atoms with Crippen LogP contribution in [0.1, 0.15) is 52.4 Å². The third-order valence-electron chi connectivity index (χ3n) is 4.89. The van der Waals surface area contributed by atoms with Crippen molar-refractivity contribution in [3.63, 3.8) is 0 Å². The molecule has 7 heteroatoms. The smallest absolute Gasteiger partial charge is 0.466 e. The summed E-state index contributed by atoms with van der Waals surface area (Å²) in [6.45, 7) is 10.4. The highest BCUT2D eigenvalue weighted by Gasteiger charge is 2.54. The van der Waals surface area contributed by atoms with Gasteiger partial charge in [-0.25, -0.2) is 0 Å². The fourth-order valence-corrected chi connectivity index (χ4v) is 3.14. The summed E-state index contributed by atoms with van der Waals surface area (Å²) in [6, 6.07) is 5.75. The zero-order valence-corrected chi connectivity index (χ0v) is 17.3. The average molecular weight is 413 g/mol. The quantitative estimate of drug-likeness (QED) is 0.519. The number of halogens is 1. The average Bonchev–Trinajstić information content (AvgIpc) is 2.74. The molecule has 1 atom stereocenters. The van der Waals surface area contributed by atoms with Crippen LogP contribution >= 0.6 is 15.9 Å². The lowest BCUT2D eigenvalue weighted by Crippen LogP contribution is -2.41. The Morgan fingerprint density at radius 3 is 2.36 bits per heavy atom. The second-order valence-electron chi connectivity index (χ2n) is 7.13. The molecule has 0 aromatic heterocycles. The van der Waals surface area contributed by atoms with Crippen molar-refractivity contribution in [2.75, 3.05) is 13.7 Å². The van der Waals surface area contributed by atoms with Gasteiger partial charge in [-0.1, -0.05) is 15.9 Å². The number of hydrogen-bond donors (Lipinski definition) is 0. The molecule has 5 nitrogen and oxygen atoms in total. The van der Waals surface area contributed by atoms with Gasteiger partial charge >= 0.3 is 13.1 Å². The lowest BCUT2D eigenvalue weighted by atomic mass is 9.66. The van der Waals surface area contributed by atoms with Crippen molar-refractivity contribution in [2.45, 2.75) is 58.1 Å². The van der Waals surface area contributed by atoms with Crippen LogP contribution in [-0.4, -0.2) is 38.0 Å². The molecule has 25 heavy (non-hydrogen) atoms. The molecular weight excluding hydrogens is 387 g/mol. The first-order valence-corrected chi connectivity index (χ1v) is 9.25. The fraction of sp³-hybridized carbons (Fsp3) is 0.611. The number of esters is 1. The maximum absolute atomic E-state index is 12.0. The van der Waals surface area contributed by atoms with Crippen molar-refractivity contribution in [3.8, 4) is 5.75 Å². The van der Waals surface area contributed by atoms with E-state index in [1.165, 1.54) is 7.11 Å². The number of methoxy groups -OCH3 is 1. The third-order valence-corrected chi connectivity index (χ3v) is 5.38. The van der Waals surface area contributed by atoms with E-state index < -0.39 is 18.3 Å². The Balaban J connectivity index is 2.44. The lowest BCUT2D eigenvalue weighted by molar-refractivity contribution is -0.140. The Morgan fingerprint density at radius 1 is 1.24 bits per heavy atom. The summed E-state index contributed by atoms with van der Waals surface area (Å²) < 4.78 is 24.0. The highest BCUT2D eigenvalue weighted by Crippen LogP contribution is 2.44. The maximum Gasteiger partial charge on any atom is 0.466 e. The minimum atomic E-state index is -0.572. The largest absolute Gasteiger partial charge is 0.494 e. The summed E-state index contributed by atoms with van der Waals surface area (Å²) in [5.41, 5.74) is -0.103. The van der Waals surface area contributed by atoms with Gasteiger partial charge in [-0.3, -0.25) is 4.79 Å². The molecule has 0 spiro atoms. The Kier molecular flexibility index (Phi) is 6.23. The molecule has 1 fully saturated rings. The van der Waals surface area contributed by atoms with Gasteiger partial charge in [-0.2, -0.15) is 0 Å². The van der Waals surface area contributed by atoms with E-state index in [9.17, 15) is 4.79 Å². The van der Waals surface area contributed by atoms with Gasteiger partial charge in [0.25, 0.3) is 0 Å². The Labute approximate surface area is 158 Å². The molecule has 1 aromatic carbocycles. The minimum absolute atomic E-state index is 0.143. The molecule has 138 valence electrons. The first-order chi connectivity index (χ1) is 11.6. The van der Waals surface area contributed by atoms with Crippen molar-refractivity contribution in [1.29, 1.82) is 0 Å². The van der Waals surface area contributed by atoms with Crippen LogP contribution in [0.25, 0.3) is 0 Å².